The van der Waals surface area contributed by atoms with Gasteiger partial charge in [0, 0.05) is 0 Å². The van der Waals surface area contributed by atoms with Gasteiger partial charge in [-0.3, -0.25) is 0 Å². The van der Waals surface area contributed by atoms with Crippen molar-refractivity contribution in [1.29, 1.82) is 0 Å². The van der Waals surface area contributed by atoms with Gasteiger partial charge in [-0.2, -0.15) is 0 Å². The Labute approximate surface area is 134 Å². The second-order valence-corrected chi connectivity index (χ2v) is 8.77. The summed E-state index contributed by atoms with van der Waals surface area (Å²) in [5.41, 5.74) is 6.29. The summed E-state index contributed by atoms with van der Waals surface area (Å²) in [6, 6.07) is 0. The third-order valence-electron chi connectivity index (χ3n) is 4.07. The Morgan fingerprint density at radius 2 is 1.75 bits per heavy atom. The van der Waals surface area contributed by atoms with Crippen molar-refractivity contribution >= 4 is 49.0 Å². The fraction of sp³-hybridized carbons (Fsp3) is 0.714. The molecule has 2 heteroatoms. The van der Waals surface area contributed by atoms with Crippen LogP contribution in [0.5, 0.6) is 0 Å². The van der Waals surface area contributed by atoms with Gasteiger partial charge in [-0.1, -0.05) is 0 Å². The second kappa shape index (κ2) is 5.81. The van der Waals surface area contributed by atoms with Crippen LogP contribution < -0.4 is 0 Å². The fourth-order valence-corrected chi connectivity index (χ4v) is 4.13. The maximum absolute atomic E-state index is 5.68. The third-order valence-corrected chi connectivity index (χ3v) is 6.19. The molecule has 1 nitrogen and oxygen atoms in total. The molecule has 0 saturated carbocycles. The summed E-state index contributed by atoms with van der Waals surface area (Å²) >= 11 is 0.802. The molecule has 0 aromatic rings. The fourth-order valence-electron chi connectivity index (χ4n) is 2.57. The van der Waals surface area contributed by atoms with Crippen molar-refractivity contribution in [2.24, 2.45) is 0 Å². The van der Waals surface area contributed by atoms with E-state index >= 15 is 0 Å². The van der Waals surface area contributed by atoms with E-state index < -0.39 is 0 Å². The van der Waals surface area contributed by atoms with Crippen LogP contribution in [0.25, 0.3) is 0 Å². The van der Waals surface area contributed by atoms with Gasteiger partial charge in [0.2, 0.25) is 0 Å². The van der Waals surface area contributed by atoms with Gasteiger partial charge in [0.1, 0.15) is 0 Å². The van der Waals surface area contributed by atoms with Crippen LogP contribution >= 0.6 is 0 Å². The van der Waals surface area contributed by atoms with Gasteiger partial charge >= 0.3 is 136 Å². The predicted molar refractivity (Wildman–Crippen MR) is 70.9 cm³/mol. The van der Waals surface area contributed by atoms with E-state index in [0.29, 0.717) is 5.61 Å². The van der Waals surface area contributed by atoms with Crippen LogP contribution in [-0.4, -0.2) is 61.7 Å². The molecule has 0 aromatic heterocycles. The summed E-state index contributed by atoms with van der Waals surface area (Å²) in [7, 11) is 0. The zero-order valence-electron chi connectivity index (χ0n) is 11.9. The van der Waals surface area contributed by atoms with Crippen LogP contribution in [0.3, 0.4) is 0 Å². The van der Waals surface area contributed by atoms with E-state index in [4.69, 9.17) is 4.74 Å². The molecule has 0 saturated heterocycles. The van der Waals surface area contributed by atoms with E-state index in [1.54, 1.807) is 11.1 Å². The van der Waals surface area contributed by atoms with Crippen molar-refractivity contribution in [3.05, 3.63) is 22.3 Å². The first-order valence-corrected chi connectivity index (χ1v) is 7.84. The van der Waals surface area contributed by atoms with Gasteiger partial charge in [-0.15, -0.1) is 0 Å². The van der Waals surface area contributed by atoms with E-state index in [9.17, 15) is 0 Å². The van der Waals surface area contributed by atoms with Crippen molar-refractivity contribution in [3.63, 3.8) is 0 Å². The minimum absolute atomic E-state index is 0.349. The number of allylic oxidation sites excluding steroid dienone is 3. The van der Waals surface area contributed by atoms with Gasteiger partial charge in [0.25, 0.3) is 0 Å². The zero-order valence-corrected chi connectivity index (χ0v) is 15.0. The van der Waals surface area contributed by atoms with Crippen molar-refractivity contribution in [2.75, 3.05) is 6.61 Å². The number of hydrogen-bond donors (Lipinski definition) is 0. The first kappa shape index (κ1) is 15.1. The topological polar surface area (TPSA) is 9.23 Å². The molecule has 0 radical (unpaired) electrons. The van der Waals surface area contributed by atoms with E-state index in [-0.39, 0.29) is 0 Å². The zero-order chi connectivity index (χ0) is 12.5. The van der Waals surface area contributed by atoms with Crippen LogP contribution in [0, 0.1) is 0 Å². The van der Waals surface area contributed by atoms with E-state index in [0.717, 1.165) is 62.0 Å². The molecule has 0 aliphatic heterocycles. The summed E-state index contributed by atoms with van der Waals surface area (Å²) in [5, 5.41) is 0. The van der Waals surface area contributed by atoms with Gasteiger partial charge < -0.3 is 0 Å². The van der Waals surface area contributed by atoms with Gasteiger partial charge in [-0.05, 0) is 0 Å². The van der Waals surface area contributed by atoms with Crippen LogP contribution in [-0.2, 0) is 4.74 Å². The first-order valence-electron chi connectivity index (χ1n) is 6.28. The molecule has 0 spiro atoms. The van der Waals surface area contributed by atoms with E-state index in [1.807, 2.05) is 0 Å². The maximum atomic E-state index is 5.68. The number of ether oxygens (including phenoxy) is 1. The number of rotatable bonds is 4. The molecule has 0 heterocycles. The second-order valence-electron chi connectivity index (χ2n) is 5.65. The van der Waals surface area contributed by atoms with Crippen molar-refractivity contribution in [1.82, 2.24) is 0 Å². The third kappa shape index (κ3) is 3.09. The monoisotopic (exact) mass is 246 g/mol. The molecule has 16 heavy (non-hydrogen) atoms. The predicted octanol–water partition coefficient (Wildman–Crippen LogP) is 3.82. The molecule has 1 atom stereocenters. The molecular weight excluding hydrogens is 223 g/mol. The Kier molecular flexibility index (Phi) is 5.50. The average molecular weight is 246 g/mol. The summed E-state index contributed by atoms with van der Waals surface area (Å²) in [6.07, 6.45) is 1.46. The normalized spacial score (nSPS) is 26.3. The van der Waals surface area contributed by atoms with Crippen LogP contribution in [0.1, 0.15) is 48.0 Å². The van der Waals surface area contributed by atoms with Crippen LogP contribution in [0.2, 0.25) is -0.490 Å². The molecule has 0 amide bonds. The molecule has 0 bridgehead atoms. The van der Waals surface area contributed by atoms with Gasteiger partial charge in [-0.25, -0.2) is 0 Å². The first-order chi connectivity index (χ1) is 7.28. The molecular formula is C14H23KO. The molecule has 0 N–H and O–H groups in total. The van der Waals surface area contributed by atoms with Crippen molar-refractivity contribution in [3.8, 4) is 0 Å². The summed E-state index contributed by atoms with van der Waals surface area (Å²) in [5.74, 6) is 0. The Bertz CT molecular complexity index is 335. The van der Waals surface area contributed by atoms with Crippen molar-refractivity contribution in [2.45, 2.75) is 53.6 Å². The molecule has 0 fully saturated rings. The Morgan fingerprint density at radius 1 is 1.19 bits per heavy atom. The minimum atomic E-state index is 0.349. The van der Waals surface area contributed by atoms with Gasteiger partial charge in [0.15, 0.2) is 0 Å². The summed E-state index contributed by atoms with van der Waals surface area (Å²) < 4.78 is 6.10. The quantitative estimate of drug-likeness (QED) is 0.685. The van der Waals surface area contributed by atoms with Crippen LogP contribution in [0.15, 0.2) is 22.3 Å². The van der Waals surface area contributed by atoms with E-state index in [1.165, 1.54) is 11.1 Å². The van der Waals surface area contributed by atoms with Gasteiger partial charge in [0.05, 0.1) is 0 Å². The standard InChI is InChI=1S/C14H23O.K/c1-9(2)15-8-7-14-12(5)10(3)11(4)13(14)6;/h9H,7-8H2,1-6H3;. The summed E-state index contributed by atoms with van der Waals surface area (Å²) in [4.78, 5) is 0. The Morgan fingerprint density at radius 3 is 2.12 bits per heavy atom. The average Bonchev–Trinajstić information content (AvgIpc) is 2.32. The molecule has 0 aromatic carbocycles. The summed E-state index contributed by atoms with van der Waals surface area (Å²) in [6.45, 7) is 14.3. The number of hydrogen-bond acceptors (Lipinski definition) is 1. The Balaban J connectivity index is 2.75. The molecule has 1 unspecified atom stereocenters. The molecule has 1 aliphatic rings. The SMILES string of the molecule is CC1=C(C)[C](C)([K])C(CCOC(C)C)=C1C. The van der Waals surface area contributed by atoms with Crippen LogP contribution in [0.4, 0.5) is 0 Å². The Hall–Kier alpha value is 1.08. The molecule has 1 rings (SSSR count). The molecule has 86 valence electrons. The van der Waals surface area contributed by atoms with E-state index in [2.05, 4.69) is 41.5 Å². The van der Waals surface area contributed by atoms with Crippen molar-refractivity contribution < 1.29 is 4.74 Å². The molecule has 1 aliphatic carbocycles.